The van der Waals surface area contributed by atoms with Gasteiger partial charge in [-0.2, -0.15) is 18.3 Å². The molecule has 0 atom stereocenters. The molecule has 112 valence electrons. The smallest absolute Gasteiger partial charge is 0.339 e. The number of aromatic nitrogens is 2. The van der Waals surface area contributed by atoms with E-state index in [1.165, 1.54) is 6.20 Å². The van der Waals surface area contributed by atoms with Gasteiger partial charge in [0.2, 0.25) is 5.91 Å². The Hall–Kier alpha value is -1.57. The summed E-state index contributed by atoms with van der Waals surface area (Å²) in [5.41, 5.74) is -0.971. The standard InChI is InChI=1S/C12H17F3N4O/c1-2-17-5-7-18(8-6-17)11(20)9-19-4-3-10(16-19)12(13,14)15/h3-4H,2,5-9H2,1H3. The van der Waals surface area contributed by atoms with Crippen LogP contribution in [0, 0.1) is 0 Å². The maximum atomic E-state index is 12.4. The van der Waals surface area contributed by atoms with Crippen molar-refractivity contribution in [3.05, 3.63) is 18.0 Å². The molecule has 0 spiro atoms. The van der Waals surface area contributed by atoms with Crippen LogP contribution < -0.4 is 0 Å². The fourth-order valence-electron chi connectivity index (χ4n) is 2.15. The van der Waals surface area contributed by atoms with Crippen molar-refractivity contribution in [3.8, 4) is 0 Å². The fraction of sp³-hybridized carbons (Fsp3) is 0.667. The lowest BCUT2D eigenvalue weighted by atomic mass is 10.3. The number of alkyl halides is 3. The molecule has 0 aliphatic carbocycles. The van der Waals surface area contributed by atoms with Gasteiger partial charge in [0, 0.05) is 32.4 Å². The van der Waals surface area contributed by atoms with Crippen LogP contribution in [0.3, 0.4) is 0 Å². The number of amides is 1. The van der Waals surface area contributed by atoms with Crippen LogP contribution in [-0.2, 0) is 17.5 Å². The summed E-state index contributed by atoms with van der Waals surface area (Å²) in [6.07, 6.45) is -3.29. The zero-order valence-electron chi connectivity index (χ0n) is 11.2. The highest BCUT2D eigenvalue weighted by molar-refractivity contribution is 5.76. The van der Waals surface area contributed by atoms with Crippen LogP contribution in [0.25, 0.3) is 0 Å². The predicted octanol–water partition coefficient (Wildman–Crippen LogP) is 1.07. The number of halogens is 3. The van der Waals surface area contributed by atoms with Crippen LogP contribution in [0.2, 0.25) is 0 Å². The number of carbonyl (C=O) groups excluding carboxylic acids is 1. The van der Waals surface area contributed by atoms with Crippen LogP contribution in [0.4, 0.5) is 13.2 Å². The molecule has 1 aliphatic heterocycles. The van der Waals surface area contributed by atoms with E-state index in [4.69, 9.17) is 0 Å². The molecule has 0 saturated carbocycles. The molecule has 0 radical (unpaired) electrons. The Kier molecular flexibility index (Phi) is 4.32. The SMILES string of the molecule is CCN1CCN(C(=O)Cn2ccc(C(F)(F)F)n2)CC1. The van der Waals surface area contributed by atoms with Crippen LogP contribution in [0.15, 0.2) is 12.3 Å². The molecule has 0 N–H and O–H groups in total. The minimum absolute atomic E-state index is 0.151. The number of carbonyl (C=O) groups is 1. The van der Waals surface area contributed by atoms with E-state index in [1.54, 1.807) is 4.90 Å². The van der Waals surface area contributed by atoms with Crippen molar-refractivity contribution >= 4 is 5.91 Å². The summed E-state index contributed by atoms with van der Waals surface area (Å²) in [4.78, 5) is 15.9. The van der Waals surface area contributed by atoms with E-state index >= 15 is 0 Å². The molecule has 1 fully saturated rings. The Morgan fingerprint density at radius 3 is 2.45 bits per heavy atom. The van der Waals surface area contributed by atoms with Gasteiger partial charge in [-0.05, 0) is 12.6 Å². The molecule has 0 unspecified atom stereocenters. The lowest BCUT2D eigenvalue weighted by Gasteiger charge is -2.34. The van der Waals surface area contributed by atoms with Gasteiger partial charge in [0.15, 0.2) is 5.69 Å². The zero-order chi connectivity index (χ0) is 14.8. The second-order valence-electron chi connectivity index (χ2n) is 4.71. The van der Waals surface area contributed by atoms with Crippen LogP contribution in [0.1, 0.15) is 12.6 Å². The number of hydrogen-bond acceptors (Lipinski definition) is 3. The van der Waals surface area contributed by atoms with Gasteiger partial charge in [0.25, 0.3) is 0 Å². The molecule has 2 rings (SSSR count). The van der Waals surface area contributed by atoms with Gasteiger partial charge >= 0.3 is 6.18 Å². The lowest BCUT2D eigenvalue weighted by molar-refractivity contribution is -0.142. The third-order valence-corrected chi connectivity index (χ3v) is 3.40. The minimum atomic E-state index is -4.47. The maximum Gasteiger partial charge on any atom is 0.435 e. The normalized spacial score (nSPS) is 17.5. The van der Waals surface area contributed by atoms with Gasteiger partial charge in [-0.25, -0.2) is 0 Å². The molecule has 5 nitrogen and oxygen atoms in total. The second kappa shape index (κ2) is 5.82. The number of likely N-dealkylation sites (N-methyl/N-ethyl adjacent to an activating group) is 1. The molecular formula is C12H17F3N4O. The predicted molar refractivity (Wildman–Crippen MR) is 65.9 cm³/mol. The molecule has 20 heavy (non-hydrogen) atoms. The lowest BCUT2D eigenvalue weighted by Crippen LogP contribution is -2.49. The molecule has 1 saturated heterocycles. The first kappa shape index (κ1) is 14.8. The summed E-state index contributed by atoms with van der Waals surface area (Å²) < 4.78 is 38.2. The van der Waals surface area contributed by atoms with Crippen molar-refractivity contribution in [3.63, 3.8) is 0 Å². The third kappa shape index (κ3) is 3.50. The van der Waals surface area contributed by atoms with Crippen molar-refractivity contribution in [2.45, 2.75) is 19.6 Å². The molecule has 1 aromatic heterocycles. The summed E-state index contributed by atoms with van der Waals surface area (Å²) in [6.45, 7) is 5.67. The van der Waals surface area contributed by atoms with E-state index in [0.29, 0.717) is 13.1 Å². The molecule has 1 aliphatic rings. The van der Waals surface area contributed by atoms with Crippen molar-refractivity contribution in [1.29, 1.82) is 0 Å². The first-order valence-corrected chi connectivity index (χ1v) is 6.51. The number of hydrogen-bond donors (Lipinski definition) is 0. The van der Waals surface area contributed by atoms with Gasteiger partial charge in [0.05, 0.1) is 0 Å². The molecule has 0 bridgehead atoms. The molecule has 2 heterocycles. The van der Waals surface area contributed by atoms with Gasteiger partial charge in [-0.3, -0.25) is 9.48 Å². The van der Waals surface area contributed by atoms with Crippen LogP contribution >= 0.6 is 0 Å². The number of nitrogens with zero attached hydrogens (tertiary/aromatic N) is 4. The molecule has 0 aromatic carbocycles. The van der Waals surface area contributed by atoms with Crippen LogP contribution in [0.5, 0.6) is 0 Å². The van der Waals surface area contributed by atoms with E-state index < -0.39 is 11.9 Å². The topological polar surface area (TPSA) is 41.4 Å². The van der Waals surface area contributed by atoms with E-state index in [-0.39, 0.29) is 12.5 Å². The third-order valence-electron chi connectivity index (χ3n) is 3.40. The van der Waals surface area contributed by atoms with Gasteiger partial charge in [-0.1, -0.05) is 6.92 Å². The van der Waals surface area contributed by atoms with Crippen molar-refractivity contribution in [2.24, 2.45) is 0 Å². The Morgan fingerprint density at radius 1 is 1.30 bits per heavy atom. The zero-order valence-corrected chi connectivity index (χ0v) is 11.2. The first-order chi connectivity index (χ1) is 9.40. The minimum Gasteiger partial charge on any atom is -0.339 e. The van der Waals surface area contributed by atoms with E-state index in [9.17, 15) is 18.0 Å². The monoisotopic (exact) mass is 290 g/mol. The van der Waals surface area contributed by atoms with E-state index in [0.717, 1.165) is 30.4 Å². The number of rotatable bonds is 3. The Balaban J connectivity index is 1.90. The maximum absolute atomic E-state index is 12.4. The molecular weight excluding hydrogens is 273 g/mol. The fourth-order valence-corrected chi connectivity index (χ4v) is 2.15. The highest BCUT2D eigenvalue weighted by atomic mass is 19.4. The highest BCUT2D eigenvalue weighted by Crippen LogP contribution is 2.27. The Labute approximate surface area is 114 Å². The van der Waals surface area contributed by atoms with Gasteiger partial charge in [-0.15, -0.1) is 0 Å². The van der Waals surface area contributed by atoms with E-state index in [2.05, 4.69) is 16.9 Å². The van der Waals surface area contributed by atoms with E-state index in [1.807, 2.05) is 0 Å². The quantitative estimate of drug-likeness (QED) is 0.836. The average molecular weight is 290 g/mol. The average Bonchev–Trinajstić information content (AvgIpc) is 2.87. The largest absolute Gasteiger partial charge is 0.435 e. The molecule has 1 amide bonds. The van der Waals surface area contributed by atoms with Gasteiger partial charge in [0.1, 0.15) is 6.54 Å². The van der Waals surface area contributed by atoms with Gasteiger partial charge < -0.3 is 9.80 Å². The summed E-state index contributed by atoms with van der Waals surface area (Å²) in [6, 6.07) is 0.877. The summed E-state index contributed by atoms with van der Waals surface area (Å²) in [5.74, 6) is -0.197. The summed E-state index contributed by atoms with van der Waals surface area (Å²) in [5, 5.41) is 3.38. The highest BCUT2D eigenvalue weighted by Gasteiger charge is 2.33. The molecule has 8 heteroatoms. The Bertz CT molecular complexity index is 464. The summed E-state index contributed by atoms with van der Waals surface area (Å²) in [7, 11) is 0. The molecule has 1 aromatic rings. The van der Waals surface area contributed by atoms with Crippen LogP contribution in [-0.4, -0.2) is 58.2 Å². The van der Waals surface area contributed by atoms with Crippen molar-refractivity contribution in [2.75, 3.05) is 32.7 Å². The number of piperazine rings is 1. The van der Waals surface area contributed by atoms with Crippen molar-refractivity contribution < 1.29 is 18.0 Å². The Morgan fingerprint density at radius 2 is 1.95 bits per heavy atom. The van der Waals surface area contributed by atoms with Crippen molar-refractivity contribution in [1.82, 2.24) is 19.6 Å². The first-order valence-electron chi connectivity index (χ1n) is 6.51. The summed E-state index contributed by atoms with van der Waals surface area (Å²) >= 11 is 0. The second-order valence-corrected chi connectivity index (χ2v) is 4.71.